The molecule has 2 amide bonds. The van der Waals surface area contributed by atoms with Gasteiger partial charge in [-0.25, -0.2) is 4.79 Å². The molecule has 3 N–H and O–H groups in total. The Hall–Kier alpha value is -2.28. The van der Waals surface area contributed by atoms with Crippen LogP contribution in [0.3, 0.4) is 0 Å². The number of carbonyl (C=O) groups excluding carboxylic acids is 1. The zero-order valence-electron chi connectivity index (χ0n) is 12.6. The average Bonchev–Trinajstić information content (AvgIpc) is 2.81. The van der Waals surface area contributed by atoms with Crippen LogP contribution in [0.2, 0.25) is 0 Å². The Bertz CT molecular complexity index is 649. The highest BCUT2D eigenvalue weighted by molar-refractivity contribution is 5.92. The van der Waals surface area contributed by atoms with E-state index in [1.54, 1.807) is 36.9 Å². The van der Waals surface area contributed by atoms with Crippen LogP contribution in [-0.4, -0.2) is 42.4 Å². The quantitative estimate of drug-likeness (QED) is 0.799. The summed E-state index contributed by atoms with van der Waals surface area (Å²) < 4.78 is 5.54. The van der Waals surface area contributed by atoms with Crippen molar-refractivity contribution < 1.29 is 14.3 Å². The molecule has 1 aromatic carbocycles. The molecule has 0 fully saturated rings. The summed E-state index contributed by atoms with van der Waals surface area (Å²) in [6.07, 6.45) is 0. The van der Waals surface area contributed by atoms with Crippen LogP contribution in [0.15, 0.2) is 22.6 Å². The van der Waals surface area contributed by atoms with Crippen molar-refractivity contribution in [3.63, 3.8) is 0 Å². The fraction of sp³-hybridized carbons (Fsp3) is 0.429. The van der Waals surface area contributed by atoms with Crippen molar-refractivity contribution in [3.8, 4) is 0 Å². The number of nitrogens with one attached hydrogen (secondary N) is 2. The van der Waals surface area contributed by atoms with Crippen molar-refractivity contribution in [2.45, 2.75) is 19.4 Å². The molecule has 114 valence electrons. The van der Waals surface area contributed by atoms with Crippen molar-refractivity contribution >= 4 is 28.8 Å². The van der Waals surface area contributed by atoms with Gasteiger partial charge in [-0.15, -0.1) is 0 Å². The number of fused-ring (bicyclic) bond motifs is 1. The van der Waals surface area contributed by atoms with E-state index in [2.05, 4.69) is 15.6 Å². The van der Waals surface area contributed by atoms with E-state index in [9.17, 15) is 4.79 Å². The highest BCUT2D eigenvalue weighted by Gasteiger charge is 2.19. The van der Waals surface area contributed by atoms with Gasteiger partial charge in [-0.05, 0) is 32.0 Å². The predicted molar refractivity (Wildman–Crippen MR) is 81.7 cm³/mol. The predicted octanol–water partition coefficient (Wildman–Crippen LogP) is 1.79. The van der Waals surface area contributed by atoms with E-state index < -0.39 is 5.54 Å². The smallest absolute Gasteiger partial charge is 0.319 e. The summed E-state index contributed by atoms with van der Waals surface area (Å²) in [5.41, 5.74) is 1.24. The van der Waals surface area contributed by atoms with Gasteiger partial charge in [0, 0.05) is 19.8 Å². The molecule has 7 heteroatoms. The summed E-state index contributed by atoms with van der Waals surface area (Å²) in [4.78, 5) is 17.9. The van der Waals surface area contributed by atoms with Crippen LogP contribution in [0.1, 0.15) is 13.8 Å². The minimum atomic E-state index is -0.680. The number of benzene rings is 1. The first-order valence-electron chi connectivity index (χ1n) is 6.59. The molecule has 2 rings (SSSR count). The lowest BCUT2D eigenvalue weighted by Crippen LogP contribution is -2.48. The maximum absolute atomic E-state index is 11.9. The van der Waals surface area contributed by atoms with Crippen molar-refractivity contribution in [1.82, 2.24) is 10.3 Å². The van der Waals surface area contributed by atoms with E-state index in [0.717, 1.165) is 0 Å². The van der Waals surface area contributed by atoms with Crippen LogP contribution in [-0.2, 0) is 0 Å². The van der Waals surface area contributed by atoms with Crippen LogP contribution in [0.25, 0.3) is 11.1 Å². The van der Waals surface area contributed by atoms with E-state index in [-0.39, 0.29) is 12.6 Å². The lowest BCUT2D eigenvalue weighted by atomic mass is 10.1. The molecule has 0 atom stereocenters. The zero-order chi connectivity index (χ0) is 15.6. The standard InChI is InChI=1S/C14H20N4O3/c1-14(2,8-19)17-12(20)15-9-5-6-11-10(7-9)16-13(21-11)18(3)4/h5-7,19H,8H2,1-4H3,(H2,15,17,20). The van der Waals surface area contributed by atoms with Gasteiger partial charge in [0.15, 0.2) is 5.58 Å². The molecular weight excluding hydrogens is 272 g/mol. The zero-order valence-corrected chi connectivity index (χ0v) is 12.6. The number of urea groups is 1. The molecule has 0 saturated heterocycles. The third kappa shape index (κ3) is 3.63. The molecule has 0 aliphatic rings. The summed E-state index contributed by atoms with van der Waals surface area (Å²) in [5.74, 6) is 0. The summed E-state index contributed by atoms with van der Waals surface area (Å²) >= 11 is 0. The van der Waals surface area contributed by atoms with Crippen LogP contribution in [0, 0.1) is 0 Å². The van der Waals surface area contributed by atoms with E-state index in [1.807, 2.05) is 14.1 Å². The minimum absolute atomic E-state index is 0.144. The number of aliphatic hydroxyl groups excluding tert-OH is 1. The van der Waals surface area contributed by atoms with Crippen LogP contribution in [0.5, 0.6) is 0 Å². The molecule has 0 aliphatic heterocycles. The SMILES string of the molecule is CN(C)c1nc2cc(NC(=O)NC(C)(C)CO)ccc2o1. The van der Waals surface area contributed by atoms with E-state index >= 15 is 0 Å². The van der Waals surface area contributed by atoms with Gasteiger partial charge in [0.2, 0.25) is 0 Å². The molecular formula is C14H20N4O3. The topological polar surface area (TPSA) is 90.6 Å². The Morgan fingerprint density at radius 2 is 2.14 bits per heavy atom. The number of nitrogens with zero attached hydrogens (tertiary/aromatic N) is 2. The van der Waals surface area contributed by atoms with Crippen molar-refractivity contribution in [2.24, 2.45) is 0 Å². The first-order chi connectivity index (χ1) is 9.80. The normalized spacial score (nSPS) is 11.5. The van der Waals surface area contributed by atoms with Gasteiger partial charge in [-0.1, -0.05) is 0 Å². The number of hydrogen-bond donors (Lipinski definition) is 3. The fourth-order valence-electron chi connectivity index (χ4n) is 1.69. The number of anilines is 2. The monoisotopic (exact) mass is 292 g/mol. The summed E-state index contributed by atoms with van der Waals surface area (Å²) in [6.45, 7) is 3.32. The molecule has 1 aromatic heterocycles. The maximum atomic E-state index is 11.9. The first kappa shape index (κ1) is 15.1. The summed E-state index contributed by atoms with van der Waals surface area (Å²) in [6, 6.07) is 5.34. The van der Waals surface area contributed by atoms with Gasteiger partial charge in [0.1, 0.15) is 5.52 Å². The van der Waals surface area contributed by atoms with Gasteiger partial charge < -0.3 is 25.1 Å². The number of aliphatic hydroxyl groups is 1. The van der Waals surface area contributed by atoms with Gasteiger partial charge in [-0.2, -0.15) is 4.98 Å². The van der Waals surface area contributed by atoms with Crippen LogP contribution >= 0.6 is 0 Å². The maximum Gasteiger partial charge on any atom is 0.319 e. The Morgan fingerprint density at radius 3 is 2.76 bits per heavy atom. The lowest BCUT2D eigenvalue weighted by molar-refractivity contribution is 0.187. The molecule has 21 heavy (non-hydrogen) atoms. The van der Waals surface area contributed by atoms with Crippen molar-refractivity contribution in [2.75, 3.05) is 30.9 Å². The van der Waals surface area contributed by atoms with Gasteiger partial charge >= 0.3 is 6.03 Å². The van der Waals surface area contributed by atoms with Crippen LogP contribution < -0.4 is 15.5 Å². The number of hydrogen-bond acceptors (Lipinski definition) is 5. The number of oxazole rings is 1. The number of amides is 2. The second kappa shape index (κ2) is 5.61. The molecule has 0 unspecified atom stereocenters. The summed E-state index contributed by atoms with van der Waals surface area (Å²) in [5, 5.41) is 14.5. The van der Waals surface area contributed by atoms with Crippen molar-refractivity contribution in [3.05, 3.63) is 18.2 Å². The second-order valence-electron chi connectivity index (χ2n) is 5.69. The third-order valence-electron chi connectivity index (χ3n) is 2.86. The summed E-state index contributed by atoms with van der Waals surface area (Å²) in [7, 11) is 3.68. The van der Waals surface area contributed by atoms with Crippen LogP contribution in [0.4, 0.5) is 16.5 Å². The molecule has 7 nitrogen and oxygen atoms in total. The number of aromatic nitrogens is 1. The molecule has 0 aliphatic carbocycles. The Labute approximate surface area is 122 Å². The first-order valence-corrected chi connectivity index (χ1v) is 6.59. The van der Waals surface area contributed by atoms with Gasteiger partial charge in [-0.3, -0.25) is 0 Å². The number of carbonyl (C=O) groups is 1. The van der Waals surface area contributed by atoms with Gasteiger partial charge in [0.25, 0.3) is 6.01 Å². The molecule has 2 aromatic rings. The highest BCUT2D eigenvalue weighted by atomic mass is 16.4. The van der Waals surface area contributed by atoms with E-state index in [4.69, 9.17) is 9.52 Å². The third-order valence-corrected chi connectivity index (χ3v) is 2.86. The van der Waals surface area contributed by atoms with Gasteiger partial charge in [0.05, 0.1) is 12.1 Å². The average molecular weight is 292 g/mol. The molecule has 0 spiro atoms. The van der Waals surface area contributed by atoms with E-state index in [0.29, 0.717) is 22.8 Å². The largest absolute Gasteiger partial charge is 0.423 e. The Kier molecular flexibility index (Phi) is 4.04. The van der Waals surface area contributed by atoms with Crippen molar-refractivity contribution in [1.29, 1.82) is 0 Å². The Balaban J connectivity index is 2.14. The molecule has 1 heterocycles. The second-order valence-corrected chi connectivity index (χ2v) is 5.69. The number of rotatable bonds is 4. The molecule has 0 bridgehead atoms. The fourth-order valence-corrected chi connectivity index (χ4v) is 1.69. The molecule has 0 radical (unpaired) electrons. The van der Waals surface area contributed by atoms with E-state index in [1.165, 1.54) is 0 Å². The minimum Gasteiger partial charge on any atom is -0.423 e. The molecule has 0 saturated carbocycles. The Morgan fingerprint density at radius 1 is 1.43 bits per heavy atom. The highest BCUT2D eigenvalue weighted by Crippen LogP contribution is 2.23. The lowest BCUT2D eigenvalue weighted by Gasteiger charge is -2.23.